The molecule has 0 saturated heterocycles. The van der Waals surface area contributed by atoms with Gasteiger partial charge in [0.05, 0.1) is 17.7 Å². The number of rotatable bonds is 6. The summed E-state index contributed by atoms with van der Waals surface area (Å²) in [5.74, 6) is -0.841. The summed E-state index contributed by atoms with van der Waals surface area (Å²) in [5.41, 5.74) is 2.58. The molecule has 0 unspecified atom stereocenters. The van der Waals surface area contributed by atoms with Crippen LogP contribution in [0.1, 0.15) is 18.5 Å². The smallest absolute Gasteiger partial charge is 0.319 e. The van der Waals surface area contributed by atoms with Gasteiger partial charge in [0, 0.05) is 32.4 Å². The third kappa shape index (κ3) is 4.70. The topological polar surface area (TPSA) is 73.7 Å². The van der Waals surface area contributed by atoms with Crippen LogP contribution >= 0.6 is 11.3 Å². The van der Waals surface area contributed by atoms with Crippen LogP contribution in [0.3, 0.4) is 0 Å². The summed E-state index contributed by atoms with van der Waals surface area (Å²) >= 11 is 1.49. The summed E-state index contributed by atoms with van der Waals surface area (Å²) < 4.78 is 0. The molecule has 7 heteroatoms. The SMILES string of the molecule is CN(CCCC(=O)O)C(=O)N(C)Cc1cscn1. The molecule has 0 fully saturated rings. The largest absolute Gasteiger partial charge is 0.481 e. The van der Waals surface area contributed by atoms with Crippen LogP contribution in [0.15, 0.2) is 10.9 Å². The maximum absolute atomic E-state index is 11.9. The van der Waals surface area contributed by atoms with Crippen molar-refractivity contribution in [2.75, 3.05) is 20.6 Å². The van der Waals surface area contributed by atoms with Crippen molar-refractivity contribution in [2.24, 2.45) is 0 Å². The van der Waals surface area contributed by atoms with Crippen molar-refractivity contribution in [3.05, 3.63) is 16.6 Å². The molecule has 0 aliphatic rings. The van der Waals surface area contributed by atoms with Crippen molar-refractivity contribution < 1.29 is 14.7 Å². The molecule has 1 aromatic heterocycles. The highest BCUT2D eigenvalue weighted by Crippen LogP contribution is 2.06. The van der Waals surface area contributed by atoms with Gasteiger partial charge in [-0.1, -0.05) is 0 Å². The quantitative estimate of drug-likeness (QED) is 0.850. The molecule has 100 valence electrons. The van der Waals surface area contributed by atoms with E-state index >= 15 is 0 Å². The number of amides is 2. The van der Waals surface area contributed by atoms with E-state index < -0.39 is 5.97 Å². The first kappa shape index (κ1) is 14.4. The van der Waals surface area contributed by atoms with Gasteiger partial charge in [0.1, 0.15) is 0 Å². The van der Waals surface area contributed by atoms with Crippen LogP contribution in [-0.4, -0.2) is 52.5 Å². The number of carboxylic acids is 1. The summed E-state index contributed by atoms with van der Waals surface area (Å²) in [4.78, 5) is 29.5. The van der Waals surface area contributed by atoms with Crippen LogP contribution in [0.4, 0.5) is 4.79 Å². The molecule has 0 saturated carbocycles. The number of thiazole rings is 1. The number of hydrogen-bond acceptors (Lipinski definition) is 4. The van der Waals surface area contributed by atoms with Gasteiger partial charge in [0.15, 0.2) is 0 Å². The van der Waals surface area contributed by atoms with E-state index in [-0.39, 0.29) is 12.5 Å². The minimum Gasteiger partial charge on any atom is -0.481 e. The molecule has 2 amide bonds. The monoisotopic (exact) mass is 271 g/mol. The lowest BCUT2D eigenvalue weighted by Crippen LogP contribution is -2.39. The Morgan fingerprint density at radius 3 is 2.67 bits per heavy atom. The predicted octanol–water partition coefficient (Wildman–Crippen LogP) is 1.49. The van der Waals surface area contributed by atoms with Crippen molar-refractivity contribution in [1.82, 2.24) is 14.8 Å². The zero-order valence-corrected chi connectivity index (χ0v) is 11.3. The minimum atomic E-state index is -0.841. The Kier molecular flexibility index (Phi) is 5.57. The maximum atomic E-state index is 11.9. The van der Waals surface area contributed by atoms with Crippen LogP contribution in [0, 0.1) is 0 Å². The highest BCUT2D eigenvalue weighted by molar-refractivity contribution is 7.07. The third-order valence-electron chi connectivity index (χ3n) is 2.42. The first-order chi connectivity index (χ1) is 8.50. The van der Waals surface area contributed by atoms with Gasteiger partial charge in [-0.2, -0.15) is 0 Å². The Morgan fingerprint density at radius 1 is 1.39 bits per heavy atom. The number of carbonyl (C=O) groups excluding carboxylic acids is 1. The summed E-state index contributed by atoms with van der Waals surface area (Å²) in [6, 6.07) is -0.131. The fourth-order valence-electron chi connectivity index (χ4n) is 1.48. The second-order valence-corrected chi connectivity index (χ2v) is 4.76. The molecule has 0 radical (unpaired) electrons. The van der Waals surface area contributed by atoms with Crippen LogP contribution in [0.2, 0.25) is 0 Å². The summed E-state index contributed by atoms with van der Waals surface area (Å²) in [7, 11) is 3.37. The minimum absolute atomic E-state index is 0.0768. The Hall–Kier alpha value is -1.63. The van der Waals surface area contributed by atoms with E-state index in [4.69, 9.17) is 5.11 Å². The average Bonchev–Trinajstić information content (AvgIpc) is 2.80. The van der Waals surface area contributed by atoms with Gasteiger partial charge < -0.3 is 14.9 Å². The lowest BCUT2D eigenvalue weighted by Gasteiger charge is -2.24. The average molecular weight is 271 g/mol. The molecule has 0 spiro atoms. The summed E-state index contributed by atoms with van der Waals surface area (Å²) in [5, 5.41) is 10.4. The molecule has 1 N–H and O–H groups in total. The molecular weight excluding hydrogens is 254 g/mol. The van der Waals surface area contributed by atoms with E-state index in [0.29, 0.717) is 19.5 Å². The molecule has 1 rings (SSSR count). The predicted molar refractivity (Wildman–Crippen MR) is 68.5 cm³/mol. The van der Waals surface area contributed by atoms with Gasteiger partial charge in [-0.05, 0) is 6.42 Å². The van der Waals surface area contributed by atoms with Crippen molar-refractivity contribution in [2.45, 2.75) is 19.4 Å². The third-order valence-corrected chi connectivity index (χ3v) is 3.06. The normalized spacial score (nSPS) is 10.1. The number of nitrogens with zero attached hydrogens (tertiary/aromatic N) is 3. The van der Waals surface area contributed by atoms with Crippen LogP contribution in [-0.2, 0) is 11.3 Å². The molecule has 0 atom stereocenters. The van der Waals surface area contributed by atoms with Gasteiger partial charge in [-0.25, -0.2) is 9.78 Å². The number of hydrogen-bond donors (Lipinski definition) is 1. The van der Waals surface area contributed by atoms with E-state index in [1.807, 2.05) is 5.38 Å². The Morgan fingerprint density at radius 2 is 2.11 bits per heavy atom. The van der Waals surface area contributed by atoms with Gasteiger partial charge in [0.2, 0.25) is 0 Å². The molecule has 1 heterocycles. The van der Waals surface area contributed by atoms with Crippen molar-refractivity contribution >= 4 is 23.3 Å². The van der Waals surface area contributed by atoms with E-state index in [9.17, 15) is 9.59 Å². The van der Waals surface area contributed by atoms with Crippen molar-refractivity contribution in [3.63, 3.8) is 0 Å². The van der Waals surface area contributed by atoms with Gasteiger partial charge in [0.25, 0.3) is 0 Å². The fraction of sp³-hybridized carbons (Fsp3) is 0.545. The molecule has 1 aromatic rings. The Labute approximate surface area is 110 Å². The lowest BCUT2D eigenvalue weighted by molar-refractivity contribution is -0.137. The first-order valence-electron chi connectivity index (χ1n) is 5.55. The lowest BCUT2D eigenvalue weighted by atomic mass is 10.3. The van der Waals surface area contributed by atoms with Gasteiger partial charge in [-0.3, -0.25) is 4.79 Å². The summed E-state index contributed by atoms with van der Waals surface area (Å²) in [6.07, 6.45) is 0.537. The highest BCUT2D eigenvalue weighted by Gasteiger charge is 2.15. The number of aliphatic carboxylic acids is 1. The zero-order valence-electron chi connectivity index (χ0n) is 10.5. The van der Waals surface area contributed by atoms with Gasteiger partial charge >= 0.3 is 12.0 Å². The van der Waals surface area contributed by atoms with Crippen LogP contribution in [0.5, 0.6) is 0 Å². The molecule has 0 aliphatic carbocycles. The highest BCUT2D eigenvalue weighted by atomic mass is 32.1. The zero-order chi connectivity index (χ0) is 13.5. The maximum Gasteiger partial charge on any atom is 0.319 e. The van der Waals surface area contributed by atoms with E-state index in [1.165, 1.54) is 16.2 Å². The number of carboxylic acid groups (broad SMARTS) is 1. The first-order valence-corrected chi connectivity index (χ1v) is 6.50. The Bertz CT molecular complexity index is 394. The standard InChI is InChI=1S/C11H17N3O3S/c1-13(5-3-4-10(15)16)11(17)14(2)6-9-7-18-8-12-9/h7-8H,3-6H2,1-2H3,(H,15,16). The second-order valence-electron chi connectivity index (χ2n) is 4.04. The number of urea groups is 1. The number of carbonyl (C=O) groups is 2. The molecule has 6 nitrogen and oxygen atoms in total. The van der Waals surface area contributed by atoms with Crippen molar-refractivity contribution in [1.29, 1.82) is 0 Å². The fourth-order valence-corrected chi connectivity index (χ4v) is 2.03. The second kappa shape index (κ2) is 6.95. The Balaban J connectivity index is 2.35. The van der Waals surface area contributed by atoms with E-state index in [2.05, 4.69) is 4.98 Å². The molecule has 0 aromatic carbocycles. The summed E-state index contributed by atoms with van der Waals surface area (Å²) in [6.45, 7) is 0.901. The molecule has 0 aliphatic heterocycles. The molecule has 0 bridgehead atoms. The van der Waals surface area contributed by atoms with Gasteiger partial charge in [-0.15, -0.1) is 11.3 Å². The van der Waals surface area contributed by atoms with Crippen LogP contribution < -0.4 is 0 Å². The van der Waals surface area contributed by atoms with E-state index in [0.717, 1.165) is 5.69 Å². The van der Waals surface area contributed by atoms with Crippen LogP contribution in [0.25, 0.3) is 0 Å². The molecular formula is C11H17N3O3S. The van der Waals surface area contributed by atoms with Crippen molar-refractivity contribution in [3.8, 4) is 0 Å². The molecule has 18 heavy (non-hydrogen) atoms. The van der Waals surface area contributed by atoms with E-state index in [1.54, 1.807) is 24.5 Å². The number of aromatic nitrogens is 1.